The number of anilines is 1. The minimum atomic E-state index is 0.446. The van der Waals surface area contributed by atoms with Gasteiger partial charge in [0.05, 0.1) is 10.9 Å². The number of nitrogens with two attached hydrogens (primary N) is 1. The molecule has 1 aliphatic heterocycles. The number of hydrogen-bond acceptors (Lipinski definition) is 2. The van der Waals surface area contributed by atoms with Crippen LogP contribution in [-0.2, 0) is 6.42 Å². The number of rotatable bonds is 4. The Balaban J connectivity index is 1.77. The molecule has 1 fully saturated rings. The third kappa shape index (κ3) is 5.58. The van der Waals surface area contributed by atoms with Crippen LogP contribution in [0.3, 0.4) is 0 Å². The van der Waals surface area contributed by atoms with Crippen molar-refractivity contribution in [2.45, 2.75) is 26.7 Å². The highest BCUT2D eigenvalue weighted by molar-refractivity contribution is 6.34. The third-order valence-electron chi connectivity index (χ3n) is 5.29. The summed E-state index contributed by atoms with van der Waals surface area (Å²) >= 11 is 6.65. The summed E-state index contributed by atoms with van der Waals surface area (Å²) in [5.41, 5.74) is 11.2. The van der Waals surface area contributed by atoms with Crippen LogP contribution < -0.4 is 11.1 Å². The molecule has 1 heterocycles. The highest BCUT2D eigenvalue weighted by atomic mass is 35.5. The molecule has 0 amide bonds. The Morgan fingerprint density at radius 3 is 2.55 bits per heavy atom. The molecule has 0 aliphatic carbocycles. The first-order valence-electron chi connectivity index (χ1n) is 9.98. The molecular formula is C23H30ClN5. The van der Waals surface area contributed by atoms with Gasteiger partial charge in [0.1, 0.15) is 0 Å². The highest BCUT2D eigenvalue weighted by Crippen LogP contribution is 2.34. The molecule has 2 aromatic rings. The zero-order chi connectivity index (χ0) is 21.0. The molecule has 0 radical (unpaired) electrons. The molecule has 0 spiro atoms. The molecule has 1 aliphatic rings. The molecule has 3 N–H and O–H groups in total. The Labute approximate surface area is 178 Å². The van der Waals surface area contributed by atoms with Crippen molar-refractivity contribution >= 4 is 29.1 Å². The average Bonchev–Trinajstić information content (AvgIpc) is 3.06. The molecule has 1 saturated heterocycles. The molecule has 2 aromatic carbocycles. The van der Waals surface area contributed by atoms with Crippen molar-refractivity contribution in [3.63, 3.8) is 0 Å². The lowest BCUT2D eigenvalue weighted by Crippen LogP contribution is -2.15. The lowest BCUT2D eigenvalue weighted by molar-refractivity contribution is 0.394. The van der Waals surface area contributed by atoms with Crippen LogP contribution in [0.4, 0.5) is 5.69 Å². The molecule has 154 valence electrons. The van der Waals surface area contributed by atoms with E-state index in [0.29, 0.717) is 16.8 Å². The van der Waals surface area contributed by atoms with Gasteiger partial charge >= 0.3 is 0 Å². The normalized spacial score (nSPS) is 18.3. The van der Waals surface area contributed by atoms with Crippen LogP contribution in [0.1, 0.15) is 24.5 Å². The summed E-state index contributed by atoms with van der Waals surface area (Å²) < 4.78 is 0. The summed E-state index contributed by atoms with van der Waals surface area (Å²) in [4.78, 5) is 10.7. The van der Waals surface area contributed by atoms with Gasteiger partial charge in [-0.05, 0) is 75.0 Å². The van der Waals surface area contributed by atoms with Gasteiger partial charge in [-0.3, -0.25) is 4.99 Å². The predicted molar refractivity (Wildman–Crippen MR) is 125 cm³/mol. The summed E-state index contributed by atoms with van der Waals surface area (Å²) in [7, 11) is 3.87. The van der Waals surface area contributed by atoms with Gasteiger partial charge in [-0.25, -0.2) is 4.99 Å². The first-order valence-corrected chi connectivity index (χ1v) is 10.4. The second kappa shape index (κ2) is 9.42. The number of nitrogens with one attached hydrogen (secondary N) is 1. The summed E-state index contributed by atoms with van der Waals surface area (Å²) in [5.74, 6) is 1.66. The molecule has 0 bridgehead atoms. The lowest BCUT2D eigenvalue weighted by Gasteiger charge is -2.14. The average molecular weight is 412 g/mol. The van der Waals surface area contributed by atoms with Gasteiger partial charge in [-0.2, -0.15) is 0 Å². The Bertz CT molecular complexity index is 890. The fourth-order valence-corrected chi connectivity index (χ4v) is 4.32. The highest BCUT2D eigenvalue weighted by Gasteiger charge is 2.19. The number of nitrogens with zero attached hydrogens (tertiary/aromatic N) is 3. The molecule has 1 unspecified atom stereocenters. The Morgan fingerprint density at radius 2 is 2.00 bits per heavy atom. The van der Waals surface area contributed by atoms with Crippen LogP contribution in [-0.4, -0.2) is 43.9 Å². The largest absolute Gasteiger partial charge is 0.387 e. The zero-order valence-electron chi connectivity index (χ0n) is 17.7. The van der Waals surface area contributed by atoms with Gasteiger partial charge in [-0.15, -0.1) is 0 Å². The maximum Gasteiger partial charge on any atom is 0.223 e. The minimum absolute atomic E-state index is 0.446. The standard InChI is InChI=1S/C23H30ClN5/c1-15-11-20(28-23(26-3)27-16(2)25)13-21(24)22(15)19-7-5-17(6-8-19)12-18-9-10-29(4)14-18/h5-8,11,13,18H,9-10,12,14H2,1-4H3,(H3,25,26,27,28). The number of aryl methyl sites for hydroxylation is 1. The fraction of sp³-hybridized carbons (Fsp3) is 0.391. The molecule has 5 nitrogen and oxygen atoms in total. The predicted octanol–water partition coefficient (Wildman–Crippen LogP) is 4.58. The molecule has 6 heteroatoms. The molecule has 29 heavy (non-hydrogen) atoms. The van der Waals surface area contributed by atoms with E-state index in [9.17, 15) is 0 Å². The molecule has 3 rings (SSSR count). The van der Waals surface area contributed by atoms with Gasteiger partial charge in [0.25, 0.3) is 0 Å². The minimum Gasteiger partial charge on any atom is -0.387 e. The van der Waals surface area contributed by atoms with Crippen molar-refractivity contribution in [2.75, 3.05) is 32.5 Å². The third-order valence-corrected chi connectivity index (χ3v) is 5.59. The van der Waals surface area contributed by atoms with Gasteiger partial charge in [0.2, 0.25) is 5.96 Å². The van der Waals surface area contributed by atoms with E-state index in [-0.39, 0.29) is 0 Å². The summed E-state index contributed by atoms with van der Waals surface area (Å²) in [6, 6.07) is 12.8. The maximum absolute atomic E-state index is 6.65. The van der Waals surface area contributed by atoms with Crippen LogP contribution in [0.5, 0.6) is 0 Å². The van der Waals surface area contributed by atoms with Gasteiger partial charge in [0, 0.05) is 24.8 Å². The second-order valence-electron chi connectivity index (χ2n) is 7.89. The van der Waals surface area contributed by atoms with Crippen LogP contribution in [0.2, 0.25) is 5.02 Å². The smallest absolute Gasteiger partial charge is 0.223 e. The van der Waals surface area contributed by atoms with E-state index in [2.05, 4.69) is 64.5 Å². The molecule has 0 aromatic heterocycles. The Hall–Kier alpha value is -2.37. The van der Waals surface area contributed by atoms with E-state index in [1.165, 1.54) is 25.1 Å². The van der Waals surface area contributed by atoms with E-state index in [4.69, 9.17) is 17.3 Å². The van der Waals surface area contributed by atoms with Crippen LogP contribution >= 0.6 is 11.6 Å². The topological polar surface area (TPSA) is 66.0 Å². The van der Waals surface area contributed by atoms with Crippen molar-refractivity contribution in [3.8, 4) is 11.1 Å². The molecular weight excluding hydrogens is 382 g/mol. The van der Waals surface area contributed by atoms with Crippen molar-refractivity contribution in [1.82, 2.24) is 4.90 Å². The fourth-order valence-electron chi connectivity index (χ4n) is 3.95. The quantitative estimate of drug-likeness (QED) is 0.571. The van der Waals surface area contributed by atoms with Gasteiger partial charge in [0.15, 0.2) is 0 Å². The Kier molecular flexibility index (Phi) is 6.93. The zero-order valence-corrected chi connectivity index (χ0v) is 18.4. The van der Waals surface area contributed by atoms with E-state index in [0.717, 1.165) is 34.7 Å². The van der Waals surface area contributed by atoms with E-state index in [1.54, 1.807) is 14.0 Å². The number of guanidine groups is 1. The number of amidine groups is 1. The lowest BCUT2D eigenvalue weighted by atomic mass is 9.95. The first kappa shape index (κ1) is 21.3. The monoisotopic (exact) mass is 411 g/mol. The number of benzene rings is 2. The van der Waals surface area contributed by atoms with Crippen molar-refractivity contribution in [1.29, 1.82) is 0 Å². The molecule has 1 atom stereocenters. The summed E-state index contributed by atoms with van der Waals surface area (Å²) in [6.45, 7) is 6.19. The van der Waals surface area contributed by atoms with E-state index in [1.807, 2.05) is 6.07 Å². The van der Waals surface area contributed by atoms with Crippen LogP contribution in [0, 0.1) is 12.8 Å². The van der Waals surface area contributed by atoms with Crippen molar-refractivity contribution in [2.24, 2.45) is 21.6 Å². The number of aliphatic imine (C=N–C) groups is 2. The SMILES string of the molecule is C/N=C(\N=C(/C)N)Nc1cc(C)c(-c2ccc(CC3CCN(C)C3)cc2)c(Cl)c1. The maximum atomic E-state index is 6.65. The summed E-state index contributed by atoms with van der Waals surface area (Å²) in [6.07, 6.45) is 2.43. The van der Waals surface area contributed by atoms with Crippen molar-refractivity contribution in [3.05, 3.63) is 52.5 Å². The van der Waals surface area contributed by atoms with E-state index >= 15 is 0 Å². The number of likely N-dealkylation sites (tertiary alicyclic amines) is 1. The van der Waals surface area contributed by atoms with Gasteiger partial charge in [-0.1, -0.05) is 35.9 Å². The van der Waals surface area contributed by atoms with E-state index < -0.39 is 0 Å². The van der Waals surface area contributed by atoms with Crippen molar-refractivity contribution < 1.29 is 0 Å². The molecule has 0 saturated carbocycles. The summed E-state index contributed by atoms with van der Waals surface area (Å²) in [5, 5.41) is 3.86. The first-order chi connectivity index (χ1) is 13.9. The number of halogens is 1. The Morgan fingerprint density at radius 1 is 1.28 bits per heavy atom. The van der Waals surface area contributed by atoms with Gasteiger partial charge < -0.3 is 16.0 Å². The van der Waals surface area contributed by atoms with Crippen LogP contribution in [0.15, 0.2) is 46.4 Å². The number of hydrogen-bond donors (Lipinski definition) is 2. The second-order valence-corrected chi connectivity index (χ2v) is 8.30. The van der Waals surface area contributed by atoms with Crippen LogP contribution in [0.25, 0.3) is 11.1 Å².